The van der Waals surface area contributed by atoms with Crippen LogP contribution in [0.2, 0.25) is 0 Å². The van der Waals surface area contributed by atoms with E-state index < -0.39 is 0 Å². The first-order valence-corrected chi connectivity index (χ1v) is 6.99. The lowest BCUT2D eigenvalue weighted by Crippen LogP contribution is -2.30. The molecule has 0 fully saturated rings. The molecule has 0 radical (unpaired) electrons. The first kappa shape index (κ1) is 14.7. The molecule has 1 unspecified atom stereocenters. The number of hydrogen-bond donors (Lipinski definition) is 1. The topological polar surface area (TPSA) is 73.0 Å². The monoisotopic (exact) mass is 338 g/mol. The molecule has 7 heteroatoms. The summed E-state index contributed by atoms with van der Waals surface area (Å²) in [7, 11) is 0. The van der Waals surface area contributed by atoms with E-state index in [0.717, 1.165) is 11.0 Å². The van der Waals surface area contributed by atoms with Crippen molar-refractivity contribution in [2.75, 3.05) is 0 Å². The van der Waals surface area contributed by atoms with E-state index in [2.05, 4.69) is 26.3 Å². The molecule has 0 spiro atoms. The molecule has 0 bridgehead atoms. The molecule has 0 aliphatic rings. The van der Waals surface area contributed by atoms with E-state index in [1.54, 1.807) is 18.3 Å². The van der Waals surface area contributed by atoms with Crippen LogP contribution < -0.4 is 5.32 Å². The zero-order chi connectivity index (χ0) is 14.5. The Balaban J connectivity index is 1.99. The number of nitro benzene ring substituents is 1. The molecule has 0 amide bonds. The summed E-state index contributed by atoms with van der Waals surface area (Å²) in [6.07, 6.45) is 3.62. The van der Waals surface area contributed by atoms with Gasteiger partial charge >= 0.3 is 0 Å². The number of hydrogen-bond acceptors (Lipinski definition) is 4. The maximum absolute atomic E-state index is 11.0. The molecule has 1 aromatic carbocycles. The Kier molecular flexibility index (Phi) is 4.86. The highest BCUT2D eigenvalue weighted by Gasteiger charge is 2.14. The van der Waals surface area contributed by atoms with Crippen LogP contribution in [0.4, 0.5) is 5.69 Å². The van der Waals surface area contributed by atoms with Crippen LogP contribution in [0.3, 0.4) is 0 Å². The van der Waals surface area contributed by atoms with Crippen LogP contribution >= 0.6 is 15.9 Å². The third-order valence-corrected chi connectivity index (χ3v) is 3.39. The molecule has 6 nitrogen and oxygen atoms in total. The van der Waals surface area contributed by atoms with E-state index in [-0.39, 0.29) is 16.7 Å². The fourth-order valence-electron chi connectivity index (χ4n) is 1.91. The van der Waals surface area contributed by atoms with Crippen LogP contribution in [-0.4, -0.2) is 20.7 Å². The Morgan fingerprint density at radius 2 is 2.35 bits per heavy atom. The van der Waals surface area contributed by atoms with Gasteiger partial charge in [-0.15, -0.1) is 0 Å². The van der Waals surface area contributed by atoms with Crippen molar-refractivity contribution in [2.24, 2.45) is 0 Å². The Hall–Kier alpha value is -1.73. The van der Waals surface area contributed by atoms with E-state index in [4.69, 9.17) is 0 Å². The molecule has 1 heterocycles. The van der Waals surface area contributed by atoms with E-state index in [9.17, 15) is 10.1 Å². The second-order valence-corrected chi connectivity index (χ2v) is 5.46. The van der Waals surface area contributed by atoms with Gasteiger partial charge in [-0.1, -0.05) is 15.9 Å². The van der Waals surface area contributed by atoms with Gasteiger partial charge in [0.1, 0.15) is 0 Å². The lowest BCUT2D eigenvalue weighted by atomic mass is 10.1. The molecular weight excluding hydrogens is 324 g/mol. The van der Waals surface area contributed by atoms with Gasteiger partial charge in [0.2, 0.25) is 0 Å². The van der Waals surface area contributed by atoms with E-state index >= 15 is 0 Å². The number of halogens is 1. The highest BCUT2D eigenvalue weighted by Crippen LogP contribution is 2.22. The Morgan fingerprint density at radius 3 is 3.00 bits per heavy atom. The quantitative estimate of drug-likeness (QED) is 0.649. The fourth-order valence-corrected chi connectivity index (χ4v) is 2.32. The van der Waals surface area contributed by atoms with Gasteiger partial charge < -0.3 is 5.32 Å². The molecule has 0 aliphatic heterocycles. The predicted octanol–water partition coefficient (Wildman–Crippen LogP) is 2.73. The summed E-state index contributed by atoms with van der Waals surface area (Å²) in [6.45, 7) is 3.18. The predicted molar refractivity (Wildman–Crippen MR) is 79.3 cm³/mol. The number of benzene rings is 1. The molecule has 1 atom stereocenters. The summed E-state index contributed by atoms with van der Waals surface area (Å²) in [5, 5.41) is 18.4. The summed E-state index contributed by atoms with van der Waals surface area (Å²) < 4.78 is 2.66. The minimum Gasteiger partial charge on any atom is -0.308 e. The Morgan fingerprint density at radius 1 is 1.55 bits per heavy atom. The molecule has 1 N–H and O–H groups in total. The maximum Gasteiger partial charge on any atom is 0.273 e. The molecular formula is C13H15BrN4O2. The zero-order valence-electron chi connectivity index (χ0n) is 11.0. The van der Waals surface area contributed by atoms with E-state index in [0.29, 0.717) is 12.1 Å². The number of nitrogens with one attached hydrogen (secondary N) is 1. The highest BCUT2D eigenvalue weighted by molar-refractivity contribution is 9.10. The SMILES string of the molecule is CC(Cn1cccn1)NCc1cc(Br)ccc1[N+](=O)[O-]. The van der Waals surface area contributed by atoms with Crippen molar-refractivity contribution in [2.45, 2.75) is 26.1 Å². The van der Waals surface area contributed by atoms with Crippen LogP contribution in [0.15, 0.2) is 41.1 Å². The number of nitro groups is 1. The molecule has 106 valence electrons. The van der Waals surface area contributed by atoms with Crippen LogP contribution in [0.5, 0.6) is 0 Å². The molecule has 0 saturated carbocycles. The number of aromatic nitrogens is 2. The Bertz CT molecular complexity index is 586. The van der Waals surface area contributed by atoms with Gasteiger partial charge in [-0.2, -0.15) is 5.10 Å². The lowest BCUT2D eigenvalue weighted by Gasteiger charge is -2.14. The van der Waals surface area contributed by atoms with Crippen molar-refractivity contribution < 1.29 is 4.92 Å². The lowest BCUT2D eigenvalue weighted by molar-refractivity contribution is -0.385. The molecule has 0 aliphatic carbocycles. The van der Waals surface area contributed by atoms with Crippen LogP contribution in [0, 0.1) is 10.1 Å². The summed E-state index contributed by atoms with van der Waals surface area (Å²) in [5.74, 6) is 0. The molecule has 2 aromatic rings. The van der Waals surface area contributed by atoms with Gasteiger partial charge in [-0.05, 0) is 25.1 Å². The summed E-state index contributed by atoms with van der Waals surface area (Å²) in [6, 6.07) is 6.99. The minimum atomic E-state index is -0.360. The second-order valence-electron chi connectivity index (χ2n) is 4.54. The second kappa shape index (κ2) is 6.62. The van der Waals surface area contributed by atoms with Gasteiger partial charge in [0.15, 0.2) is 0 Å². The average Bonchev–Trinajstić information content (AvgIpc) is 2.89. The van der Waals surface area contributed by atoms with Crippen molar-refractivity contribution in [3.63, 3.8) is 0 Å². The fraction of sp³-hybridized carbons (Fsp3) is 0.308. The molecule has 0 saturated heterocycles. The summed E-state index contributed by atoms with van der Waals surface area (Å²) in [4.78, 5) is 10.6. The third kappa shape index (κ3) is 3.88. The van der Waals surface area contributed by atoms with Crippen LogP contribution in [-0.2, 0) is 13.1 Å². The van der Waals surface area contributed by atoms with Crippen molar-refractivity contribution in [1.29, 1.82) is 0 Å². The summed E-state index contributed by atoms with van der Waals surface area (Å²) in [5.41, 5.74) is 0.795. The van der Waals surface area contributed by atoms with Crippen molar-refractivity contribution in [3.8, 4) is 0 Å². The normalized spacial score (nSPS) is 12.3. The van der Waals surface area contributed by atoms with E-state index in [1.165, 1.54) is 6.07 Å². The third-order valence-electron chi connectivity index (χ3n) is 2.90. The molecule has 20 heavy (non-hydrogen) atoms. The van der Waals surface area contributed by atoms with Gasteiger partial charge in [-0.3, -0.25) is 14.8 Å². The van der Waals surface area contributed by atoms with Crippen LogP contribution in [0.25, 0.3) is 0 Å². The van der Waals surface area contributed by atoms with Gasteiger partial charge in [0.05, 0.1) is 11.5 Å². The van der Waals surface area contributed by atoms with Crippen molar-refractivity contribution in [3.05, 3.63) is 56.8 Å². The van der Waals surface area contributed by atoms with Crippen molar-refractivity contribution in [1.82, 2.24) is 15.1 Å². The molecule has 2 rings (SSSR count). The smallest absolute Gasteiger partial charge is 0.273 e. The minimum absolute atomic E-state index is 0.131. The highest BCUT2D eigenvalue weighted by atomic mass is 79.9. The summed E-state index contributed by atoms with van der Waals surface area (Å²) >= 11 is 3.34. The standard InChI is InChI=1S/C13H15BrN4O2/c1-10(9-17-6-2-5-16-17)15-8-11-7-12(14)3-4-13(11)18(19)20/h2-7,10,15H,8-9H2,1H3. The van der Waals surface area contributed by atoms with E-state index in [1.807, 2.05) is 23.9 Å². The Labute approximate surface area is 125 Å². The zero-order valence-corrected chi connectivity index (χ0v) is 12.6. The first-order chi connectivity index (χ1) is 9.56. The average molecular weight is 339 g/mol. The van der Waals surface area contributed by atoms with Gasteiger partial charge in [-0.25, -0.2) is 0 Å². The molecule has 1 aromatic heterocycles. The van der Waals surface area contributed by atoms with Gasteiger partial charge in [0, 0.05) is 41.1 Å². The van der Waals surface area contributed by atoms with Crippen LogP contribution in [0.1, 0.15) is 12.5 Å². The van der Waals surface area contributed by atoms with Crippen molar-refractivity contribution >= 4 is 21.6 Å². The largest absolute Gasteiger partial charge is 0.308 e. The number of nitrogens with zero attached hydrogens (tertiary/aromatic N) is 3. The number of rotatable bonds is 6. The maximum atomic E-state index is 11.0. The van der Waals surface area contributed by atoms with Gasteiger partial charge in [0.25, 0.3) is 5.69 Å². The first-order valence-electron chi connectivity index (χ1n) is 6.20.